The van der Waals surface area contributed by atoms with Crippen LogP contribution in [0.3, 0.4) is 0 Å². The van der Waals surface area contributed by atoms with Crippen molar-refractivity contribution in [2.45, 2.75) is 0 Å². The van der Waals surface area contributed by atoms with E-state index in [0.717, 1.165) is 37.8 Å². The summed E-state index contributed by atoms with van der Waals surface area (Å²) in [4.78, 5) is 17.0. The molecule has 0 aliphatic carbocycles. The topological polar surface area (TPSA) is 68.9 Å². The molecule has 0 unspecified atom stereocenters. The van der Waals surface area contributed by atoms with E-state index >= 15 is 0 Å². The zero-order valence-electron chi connectivity index (χ0n) is 11.0. The molecule has 6 heteroatoms. The van der Waals surface area contributed by atoms with Gasteiger partial charge in [0.25, 0.3) is 0 Å². The lowest BCUT2D eigenvalue weighted by Gasteiger charge is -2.36. The summed E-state index contributed by atoms with van der Waals surface area (Å²) in [5.74, 6) is 0.763. The predicted octanol–water partition coefficient (Wildman–Crippen LogP) is 1.07. The van der Waals surface area contributed by atoms with Crippen LogP contribution in [0.25, 0.3) is 0 Å². The van der Waals surface area contributed by atoms with Crippen LogP contribution in [0, 0.1) is 11.3 Å². The van der Waals surface area contributed by atoms with E-state index < -0.39 is 0 Å². The van der Waals surface area contributed by atoms with Gasteiger partial charge in [-0.1, -0.05) is 0 Å². The number of aromatic nitrogens is 3. The second-order valence-corrected chi connectivity index (χ2v) is 4.53. The monoisotopic (exact) mass is 266 g/mol. The molecule has 20 heavy (non-hydrogen) atoms. The van der Waals surface area contributed by atoms with Crippen LogP contribution in [0.4, 0.5) is 11.6 Å². The van der Waals surface area contributed by atoms with Gasteiger partial charge in [0.1, 0.15) is 6.07 Å². The van der Waals surface area contributed by atoms with Gasteiger partial charge in [-0.3, -0.25) is 4.98 Å². The van der Waals surface area contributed by atoms with Crippen molar-refractivity contribution in [2.24, 2.45) is 0 Å². The van der Waals surface area contributed by atoms with E-state index in [1.165, 1.54) is 0 Å². The van der Waals surface area contributed by atoms with Gasteiger partial charge in [-0.25, -0.2) is 9.97 Å². The highest BCUT2D eigenvalue weighted by Crippen LogP contribution is 2.20. The molecule has 6 nitrogen and oxygen atoms in total. The normalized spacial score (nSPS) is 14.9. The maximum Gasteiger partial charge on any atom is 0.225 e. The Hall–Kier alpha value is -2.68. The van der Waals surface area contributed by atoms with Crippen LogP contribution in [0.1, 0.15) is 5.56 Å². The Morgan fingerprint density at radius 2 is 1.70 bits per heavy atom. The fourth-order valence-electron chi connectivity index (χ4n) is 2.33. The number of piperazine rings is 1. The minimum Gasteiger partial charge on any atom is -0.366 e. The summed E-state index contributed by atoms with van der Waals surface area (Å²) in [5, 5.41) is 9.14. The fourth-order valence-corrected chi connectivity index (χ4v) is 2.33. The molecule has 0 bridgehead atoms. The molecule has 0 amide bonds. The Morgan fingerprint density at radius 1 is 1.00 bits per heavy atom. The van der Waals surface area contributed by atoms with Crippen molar-refractivity contribution in [1.82, 2.24) is 15.0 Å². The van der Waals surface area contributed by atoms with Gasteiger partial charge in [0.05, 0.1) is 17.4 Å². The van der Waals surface area contributed by atoms with E-state index in [2.05, 4.69) is 30.8 Å². The number of hydrogen-bond donors (Lipinski definition) is 0. The predicted molar refractivity (Wildman–Crippen MR) is 75.4 cm³/mol. The highest BCUT2D eigenvalue weighted by Gasteiger charge is 2.20. The summed E-state index contributed by atoms with van der Waals surface area (Å²) in [6, 6.07) is 5.78. The number of pyridine rings is 1. The molecular weight excluding hydrogens is 252 g/mol. The molecule has 1 aliphatic rings. The smallest absolute Gasteiger partial charge is 0.225 e. The first-order chi connectivity index (χ1) is 9.88. The van der Waals surface area contributed by atoms with Gasteiger partial charge >= 0.3 is 0 Å². The van der Waals surface area contributed by atoms with Crippen LogP contribution >= 0.6 is 0 Å². The van der Waals surface area contributed by atoms with Crippen molar-refractivity contribution in [3.63, 3.8) is 0 Å². The molecule has 1 saturated heterocycles. The lowest BCUT2D eigenvalue weighted by atomic mass is 10.2. The summed E-state index contributed by atoms with van der Waals surface area (Å²) in [7, 11) is 0. The van der Waals surface area contributed by atoms with Gasteiger partial charge in [0.2, 0.25) is 5.95 Å². The molecule has 0 saturated carbocycles. The summed E-state index contributed by atoms with van der Waals surface area (Å²) in [5.41, 5.74) is 1.58. The SMILES string of the molecule is N#Cc1ccncc1N1CCN(c2ncccn2)CC1. The lowest BCUT2D eigenvalue weighted by molar-refractivity contribution is 0.639. The van der Waals surface area contributed by atoms with E-state index in [1.807, 2.05) is 6.07 Å². The number of nitriles is 1. The summed E-state index contributed by atoms with van der Waals surface area (Å²) < 4.78 is 0. The van der Waals surface area contributed by atoms with Crippen LogP contribution in [0.15, 0.2) is 36.9 Å². The summed E-state index contributed by atoms with van der Waals surface area (Å²) in [6.07, 6.45) is 6.91. The molecule has 0 spiro atoms. The Balaban J connectivity index is 1.72. The molecule has 0 atom stereocenters. The van der Waals surface area contributed by atoms with E-state index in [0.29, 0.717) is 5.56 Å². The summed E-state index contributed by atoms with van der Waals surface area (Å²) >= 11 is 0. The quantitative estimate of drug-likeness (QED) is 0.810. The largest absolute Gasteiger partial charge is 0.366 e. The minimum absolute atomic E-state index is 0.671. The van der Waals surface area contributed by atoms with Gasteiger partial charge in [-0.15, -0.1) is 0 Å². The Labute approximate surface area is 117 Å². The molecule has 0 radical (unpaired) electrons. The van der Waals surface area contributed by atoms with Crippen molar-refractivity contribution in [3.8, 4) is 6.07 Å². The van der Waals surface area contributed by atoms with E-state index in [9.17, 15) is 0 Å². The van der Waals surface area contributed by atoms with Gasteiger partial charge in [-0.2, -0.15) is 5.26 Å². The van der Waals surface area contributed by atoms with Crippen LogP contribution in [0.5, 0.6) is 0 Å². The maximum atomic E-state index is 9.14. The first-order valence-electron chi connectivity index (χ1n) is 6.49. The number of nitrogens with zero attached hydrogens (tertiary/aromatic N) is 6. The highest BCUT2D eigenvalue weighted by atomic mass is 15.3. The highest BCUT2D eigenvalue weighted by molar-refractivity contribution is 5.58. The van der Waals surface area contributed by atoms with Crippen molar-refractivity contribution in [2.75, 3.05) is 36.0 Å². The molecule has 2 aromatic rings. The number of rotatable bonds is 2. The minimum atomic E-state index is 0.671. The van der Waals surface area contributed by atoms with E-state index in [4.69, 9.17) is 5.26 Å². The zero-order chi connectivity index (χ0) is 13.8. The van der Waals surface area contributed by atoms with Crippen LogP contribution in [-0.4, -0.2) is 41.1 Å². The molecule has 1 aliphatic heterocycles. The van der Waals surface area contributed by atoms with Crippen molar-refractivity contribution < 1.29 is 0 Å². The summed E-state index contributed by atoms with van der Waals surface area (Å²) in [6.45, 7) is 3.34. The third kappa shape index (κ3) is 2.38. The third-order valence-electron chi connectivity index (χ3n) is 3.38. The van der Waals surface area contributed by atoms with Crippen molar-refractivity contribution in [1.29, 1.82) is 5.26 Å². The van der Waals surface area contributed by atoms with Crippen LogP contribution < -0.4 is 9.80 Å². The van der Waals surface area contributed by atoms with Gasteiger partial charge < -0.3 is 9.80 Å². The molecule has 0 N–H and O–H groups in total. The molecule has 2 aromatic heterocycles. The van der Waals surface area contributed by atoms with Gasteiger partial charge in [0.15, 0.2) is 0 Å². The standard InChI is InChI=1S/C14H14N6/c15-10-12-2-5-16-11-13(12)19-6-8-20(9-7-19)14-17-3-1-4-18-14/h1-5,11H,6-9H2. The van der Waals surface area contributed by atoms with Crippen molar-refractivity contribution in [3.05, 3.63) is 42.5 Å². The molecular formula is C14H14N6. The lowest BCUT2D eigenvalue weighted by Crippen LogP contribution is -2.47. The Bertz CT molecular complexity index is 613. The average Bonchev–Trinajstić information content (AvgIpc) is 2.56. The fraction of sp³-hybridized carbons (Fsp3) is 0.286. The number of hydrogen-bond acceptors (Lipinski definition) is 6. The third-order valence-corrected chi connectivity index (χ3v) is 3.38. The number of anilines is 2. The van der Waals surface area contributed by atoms with E-state index in [1.54, 1.807) is 30.9 Å². The zero-order valence-corrected chi connectivity index (χ0v) is 11.0. The Kier molecular flexibility index (Phi) is 3.42. The second kappa shape index (κ2) is 5.53. The van der Waals surface area contributed by atoms with Crippen molar-refractivity contribution >= 4 is 11.6 Å². The second-order valence-electron chi connectivity index (χ2n) is 4.53. The van der Waals surface area contributed by atoms with Crippen LogP contribution in [0.2, 0.25) is 0 Å². The molecule has 3 heterocycles. The Morgan fingerprint density at radius 3 is 2.40 bits per heavy atom. The van der Waals surface area contributed by atoms with E-state index in [-0.39, 0.29) is 0 Å². The molecule has 1 fully saturated rings. The molecule has 100 valence electrons. The van der Waals surface area contributed by atoms with Gasteiger partial charge in [-0.05, 0) is 12.1 Å². The molecule has 3 rings (SSSR count). The van der Waals surface area contributed by atoms with Gasteiger partial charge in [0, 0.05) is 44.8 Å². The first-order valence-corrected chi connectivity index (χ1v) is 6.49. The maximum absolute atomic E-state index is 9.14. The average molecular weight is 266 g/mol. The van der Waals surface area contributed by atoms with Crippen LogP contribution in [-0.2, 0) is 0 Å². The molecule has 0 aromatic carbocycles. The first kappa shape index (κ1) is 12.4.